The molecule has 1 saturated heterocycles. The lowest BCUT2D eigenvalue weighted by Gasteiger charge is -2.51. The van der Waals surface area contributed by atoms with Gasteiger partial charge in [-0.15, -0.1) is 0 Å². The van der Waals surface area contributed by atoms with Crippen molar-refractivity contribution >= 4 is 0 Å². The summed E-state index contributed by atoms with van der Waals surface area (Å²) in [6, 6.07) is -14.4. The number of rotatable bonds is 2. The average molecular weight is 407 g/mol. The smallest absolute Gasteiger partial charge is 0.453 e. The predicted octanol–water partition coefficient (Wildman–Crippen LogP) is 4.74. The molecule has 0 aromatic heterocycles. The molecule has 0 unspecified atom stereocenters. The minimum Gasteiger partial charge on any atom is -0.489 e. The number of hydrogen-bond acceptors (Lipinski definition) is 2. The third-order valence-electron chi connectivity index (χ3n) is 2.95. The van der Waals surface area contributed by atoms with Gasteiger partial charge in [0.1, 0.15) is 0 Å². The fourth-order valence-corrected chi connectivity index (χ4v) is 1.70. The van der Waals surface area contributed by atoms with E-state index in [1.165, 1.54) is 0 Å². The molecule has 25 heavy (non-hydrogen) atoms. The van der Waals surface area contributed by atoms with Gasteiger partial charge >= 0.3 is 36.0 Å². The van der Waals surface area contributed by atoms with Crippen LogP contribution in [0.4, 0.5) is 61.5 Å². The van der Waals surface area contributed by atoms with Crippen molar-refractivity contribution in [3.8, 4) is 0 Å². The summed E-state index contributed by atoms with van der Waals surface area (Å²) >= 11 is 0. The summed E-state index contributed by atoms with van der Waals surface area (Å²) in [4.78, 5) is -3.37. The minimum atomic E-state index is -7.45. The third-order valence-corrected chi connectivity index (χ3v) is 2.95. The van der Waals surface area contributed by atoms with Crippen LogP contribution in [0.5, 0.6) is 0 Å². The molecule has 1 rings (SSSR count). The Bertz CT molecular complexity index is 545. The molecule has 0 radical (unpaired) electrons. The molecule has 0 atom stereocenters. The van der Waals surface area contributed by atoms with E-state index in [0.29, 0.717) is 0 Å². The maximum atomic E-state index is 13.5. The highest BCUT2D eigenvalue weighted by Crippen LogP contribution is 2.65. The van der Waals surface area contributed by atoms with Gasteiger partial charge in [0, 0.05) is 0 Å². The van der Waals surface area contributed by atoms with Crippen LogP contribution in [0.25, 0.3) is 0 Å². The van der Waals surface area contributed by atoms with Gasteiger partial charge in [-0.1, -0.05) is 0 Å². The van der Waals surface area contributed by atoms with E-state index in [1.807, 2.05) is 0 Å². The monoisotopic (exact) mass is 407 g/mol. The summed E-state index contributed by atoms with van der Waals surface area (Å²) in [6.07, 6.45) is -6.24. The average Bonchev–Trinajstić information content (AvgIpc) is 2.34. The molecule has 0 N–H and O–H groups in total. The minimum absolute atomic E-state index is 0.159. The van der Waals surface area contributed by atoms with E-state index in [-0.39, 0.29) is 7.11 Å². The van der Waals surface area contributed by atoms with Crippen LogP contribution in [-0.2, 0) is 4.74 Å². The van der Waals surface area contributed by atoms with Crippen LogP contribution in [0.3, 0.4) is 0 Å². The Labute approximate surface area is 127 Å². The lowest BCUT2D eigenvalue weighted by molar-refractivity contribution is -0.502. The van der Waals surface area contributed by atoms with E-state index in [9.17, 15) is 61.5 Å². The Morgan fingerprint density at radius 2 is 1.04 bits per heavy atom. The zero-order valence-corrected chi connectivity index (χ0v) is 11.1. The van der Waals surface area contributed by atoms with Crippen molar-refractivity contribution in [2.45, 2.75) is 36.0 Å². The molecule has 148 valence electrons. The molecule has 0 bridgehead atoms. The van der Waals surface area contributed by atoms with Crippen molar-refractivity contribution in [2.24, 2.45) is 0 Å². The van der Waals surface area contributed by atoms with Gasteiger partial charge in [-0.05, 0) is 0 Å². The standard InChI is InChI=1S/C9H3F14NO/c1-25-2(4(11,12)13)3(10)24-8(20,21)6(16,17)5(14,15)7(18,19)9(24,22)23/h1H3/b3-2-. The van der Waals surface area contributed by atoms with Gasteiger partial charge in [-0.2, -0.15) is 61.5 Å². The highest BCUT2D eigenvalue weighted by molar-refractivity contribution is 5.21. The normalized spacial score (nSPS) is 27.6. The van der Waals surface area contributed by atoms with Crippen molar-refractivity contribution in [3.63, 3.8) is 0 Å². The number of ether oxygens (including phenoxy) is 1. The fraction of sp³-hybridized carbons (Fsp3) is 0.778. The maximum absolute atomic E-state index is 13.5. The lowest BCUT2D eigenvalue weighted by Crippen LogP contribution is -2.81. The molecule has 0 spiro atoms. The Morgan fingerprint density at radius 1 is 0.720 bits per heavy atom. The summed E-state index contributed by atoms with van der Waals surface area (Å²) in [5, 5.41) is 0. The van der Waals surface area contributed by atoms with Gasteiger partial charge in [0.05, 0.1) is 7.11 Å². The molecule has 1 fully saturated rings. The number of likely N-dealkylation sites (tertiary alicyclic amines) is 1. The molecular formula is C9H3F14NO. The van der Waals surface area contributed by atoms with E-state index in [2.05, 4.69) is 4.74 Å². The highest BCUT2D eigenvalue weighted by Gasteiger charge is 2.95. The van der Waals surface area contributed by atoms with Crippen molar-refractivity contribution in [3.05, 3.63) is 11.7 Å². The number of halogens is 14. The summed E-state index contributed by atoms with van der Waals surface area (Å²) in [7, 11) is -0.159. The quantitative estimate of drug-likeness (QED) is 0.373. The zero-order chi connectivity index (χ0) is 20.4. The molecule has 0 aliphatic carbocycles. The van der Waals surface area contributed by atoms with E-state index in [4.69, 9.17) is 0 Å². The van der Waals surface area contributed by atoms with E-state index < -0.39 is 52.6 Å². The Hall–Kier alpha value is -1.64. The van der Waals surface area contributed by atoms with Crippen LogP contribution in [0, 0.1) is 0 Å². The number of hydrogen-bond donors (Lipinski definition) is 0. The van der Waals surface area contributed by atoms with Crippen molar-refractivity contribution in [1.82, 2.24) is 4.90 Å². The van der Waals surface area contributed by atoms with Crippen LogP contribution < -0.4 is 0 Å². The SMILES string of the molecule is CO/C(=C(/F)N1C(F)(F)C(F)(F)C(F)(F)C(F)(F)C1(F)F)C(F)(F)F. The van der Waals surface area contributed by atoms with Crippen LogP contribution in [0.15, 0.2) is 11.7 Å². The molecule has 1 aliphatic rings. The topological polar surface area (TPSA) is 12.5 Å². The maximum Gasteiger partial charge on any atom is 0.453 e. The Balaban J connectivity index is 3.89. The summed E-state index contributed by atoms with van der Waals surface area (Å²) in [6.45, 7) is 0. The van der Waals surface area contributed by atoms with E-state index in [0.717, 1.165) is 0 Å². The van der Waals surface area contributed by atoms with Crippen LogP contribution in [0.1, 0.15) is 0 Å². The fourth-order valence-electron chi connectivity index (χ4n) is 1.70. The zero-order valence-electron chi connectivity index (χ0n) is 11.1. The second-order valence-corrected chi connectivity index (χ2v) is 4.46. The van der Waals surface area contributed by atoms with Gasteiger partial charge in [-0.3, -0.25) is 0 Å². The van der Waals surface area contributed by atoms with Gasteiger partial charge in [0.2, 0.25) is 5.95 Å². The summed E-state index contributed by atoms with van der Waals surface area (Å²) in [5.41, 5.74) is 0. The van der Waals surface area contributed by atoms with Crippen molar-refractivity contribution < 1.29 is 66.2 Å². The molecule has 1 aliphatic heterocycles. The Kier molecular flexibility index (Phi) is 4.44. The number of allylic oxidation sites excluding steroid dienone is 1. The van der Waals surface area contributed by atoms with Crippen molar-refractivity contribution in [2.75, 3.05) is 7.11 Å². The lowest BCUT2D eigenvalue weighted by atomic mass is 9.93. The highest BCUT2D eigenvalue weighted by atomic mass is 19.4. The van der Waals surface area contributed by atoms with E-state index >= 15 is 0 Å². The first-order valence-electron chi connectivity index (χ1n) is 5.43. The third kappa shape index (κ3) is 2.38. The number of piperidine rings is 1. The van der Waals surface area contributed by atoms with Crippen molar-refractivity contribution in [1.29, 1.82) is 0 Å². The van der Waals surface area contributed by atoms with Crippen LogP contribution in [-0.4, -0.2) is 48.0 Å². The first-order chi connectivity index (χ1) is 10.7. The molecule has 0 saturated carbocycles. The number of alkyl halides is 13. The second-order valence-electron chi connectivity index (χ2n) is 4.46. The number of nitrogens with zero attached hydrogens (tertiary/aromatic N) is 1. The predicted molar refractivity (Wildman–Crippen MR) is 47.8 cm³/mol. The van der Waals surface area contributed by atoms with Crippen LogP contribution >= 0.6 is 0 Å². The molecule has 0 aromatic rings. The van der Waals surface area contributed by atoms with Gasteiger partial charge in [-0.25, -0.2) is 4.90 Å². The molecular weight excluding hydrogens is 404 g/mol. The molecule has 1 heterocycles. The largest absolute Gasteiger partial charge is 0.489 e. The summed E-state index contributed by atoms with van der Waals surface area (Å²) in [5.74, 6) is -29.8. The van der Waals surface area contributed by atoms with Gasteiger partial charge in [0.25, 0.3) is 5.76 Å². The first kappa shape index (κ1) is 21.4. The molecule has 16 heteroatoms. The first-order valence-corrected chi connectivity index (χ1v) is 5.43. The van der Waals surface area contributed by atoms with E-state index in [1.54, 1.807) is 0 Å². The van der Waals surface area contributed by atoms with Gasteiger partial charge < -0.3 is 4.74 Å². The van der Waals surface area contributed by atoms with Gasteiger partial charge in [0.15, 0.2) is 0 Å². The molecule has 0 aromatic carbocycles. The van der Waals surface area contributed by atoms with Crippen LogP contribution in [0.2, 0.25) is 0 Å². The summed E-state index contributed by atoms with van der Waals surface area (Å²) < 4.78 is 184. The number of methoxy groups -OCH3 is 1. The second kappa shape index (κ2) is 5.18. The Morgan fingerprint density at radius 3 is 1.28 bits per heavy atom. The molecule has 0 amide bonds. The molecule has 2 nitrogen and oxygen atoms in total.